The number of benzene rings is 2. The summed E-state index contributed by atoms with van der Waals surface area (Å²) in [6.07, 6.45) is 2.28. The van der Waals surface area contributed by atoms with Crippen molar-refractivity contribution in [3.8, 4) is 11.5 Å². The first-order valence-corrected chi connectivity index (χ1v) is 9.83. The summed E-state index contributed by atoms with van der Waals surface area (Å²) in [6.45, 7) is 4.20. The molecule has 4 rings (SSSR count). The van der Waals surface area contributed by atoms with Crippen molar-refractivity contribution in [1.82, 2.24) is 9.97 Å². The highest BCUT2D eigenvalue weighted by molar-refractivity contribution is 6.07. The third-order valence-electron chi connectivity index (χ3n) is 5.03. The number of nitrogens with one attached hydrogen (secondary N) is 3. The molecule has 8 nitrogen and oxygen atoms in total. The highest BCUT2D eigenvalue weighted by Crippen LogP contribution is 2.36. The fourth-order valence-electron chi connectivity index (χ4n) is 3.59. The molecule has 1 aliphatic heterocycles. The lowest BCUT2D eigenvalue weighted by Crippen LogP contribution is -2.39. The Morgan fingerprint density at radius 2 is 1.87 bits per heavy atom. The zero-order valence-electron chi connectivity index (χ0n) is 17.4. The van der Waals surface area contributed by atoms with Crippen LogP contribution < -0.4 is 25.4 Å². The van der Waals surface area contributed by atoms with Gasteiger partial charge in [0.05, 0.1) is 31.1 Å². The van der Waals surface area contributed by atoms with E-state index >= 15 is 0 Å². The van der Waals surface area contributed by atoms with Crippen LogP contribution in [-0.2, 0) is 4.79 Å². The Bertz CT molecular complexity index is 1100. The smallest absolute Gasteiger partial charge is 0.246 e. The van der Waals surface area contributed by atoms with E-state index in [1.54, 1.807) is 14.2 Å². The van der Waals surface area contributed by atoms with Crippen LogP contribution in [0.5, 0.6) is 11.5 Å². The number of ether oxygens (including phenoxy) is 2. The van der Waals surface area contributed by atoms with Gasteiger partial charge in [0.25, 0.3) is 0 Å². The van der Waals surface area contributed by atoms with Gasteiger partial charge in [0.15, 0.2) is 11.5 Å². The van der Waals surface area contributed by atoms with Gasteiger partial charge in [-0.15, -0.1) is 0 Å². The average molecular weight is 407 g/mol. The summed E-state index contributed by atoms with van der Waals surface area (Å²) in [5.41, 5.74) is 3.16. The van der Waals surface area contributed by atoms with E-state index < -0.39 is 0 Å². The second-order valence-electron chi connectivity index (χ2n) is 7.65. The lowest BCUT2D eigenvalue weighted by atomic mass is 10.00. The van der Waals surface area contributed by atoms with Gasteiger partial charge in [-0.05, 0) is 36.6 Å². The normalized spacial score (nSPS) is 15.4. The summed E-state index contributed by atoms with van der Waals surface area (Å²) in [4.78, 5) is 21.3. The van der Waals surface area contributed by atoms with E-state index in [4.69, 9.17) is 9.47 Å². The molecule has 3 aromatic rings. The topological polar surface area (TPSA) is 97.4 Å². The van der Waals surface area contributed by atoms with Crippen molar-refractivity contribution in [1.29, 1.82) is 0 Å². The van der Waals surface area contributed by atoms with Gasteiger partial charge in [-0.2, -0.15) is 0 Å². The lowest BCUT2D eigenvalue weighted by molar-refractivity contribution is -0.117. The number of amides is 1. The molecule has 1 aromatic heterocycles. The third kappa shape index (κ3) is 3.80. The third-order valence-corrected chi connectivity index (χ3v) is 5.03. The SMILES string of the molecule is COc1ccc(Nc2ncnc3cc4c(cc23)NC(=O)[C@H](CC(C)C)N4)cc1OC. The standard InChI is InChI=1S/C22H25N5O3/c1-12(2)7-18-22(28)27-16-9-14-15(10-17(16)26-18)23-11-24-21(14)25-13-5-6-19(29-3)20(8-13)30-4/h5-6,8-12,18,26H,7H2,1-4H3,(H,27,28)(H,23,24,25)/t18-/m0/s1. The highest BCUT2D eigenvalue weighted by Gasteiger charge is 2.26. The monoisotopic (exact) mass is 407 g/mol. The number of carbonyl (C=O) groups is 1. The molecular formula is C22H25N5O3. The Labute approximate surface area is 175 Å². The minimum Gasteiger partial charge on any atom is -0.493 e. The van der Waals surface area contributed by atoms with Crippen LogP contribution in [-0.4, -0.2) is 36.1 Å². The molecule has 0 fully saturated rings. The minimum atomic E-state index is -0.249. The molecular weight excluding hydrogens is 382 g/mol. The number of nitrogens with zero attached hydrogens (tertiary/aromatic N) is 2. The van der Waals surface area contributed by atoms with Gasteiger partial charge < -0.3 is 25.4 Å². The summed E-state index contributed by atoms with van der Waals surface area (Å²) in [6, 6.07) is 9.13. The van der Waals surface area contributed by atoms with Crippen LogP contribution in [0.15, 0.2) is 36.7 Å². The van der Waals surface area contributed by atoms with Crippen molar-refractivity contribution >= 4 is 39.7 Å². The van der Waals surface area contributed by atoms with Crippen molar-refractivity contribution < 1.29 is 14.3 Å². The van der Waals surface area contributed by atoms with E-state index in [-0.39, 0.29) is 11.9 Å². The summed E-state index contributed by atoms with van der Waals surface area (Å²) in [5.74, 6) is 2.28. The molecule has 0 saturated heterocycles. The molecule has 1 atom stereocenters. The van der Waals surface area contributed by atoms with Gasteiger partial charge in [-0.25, -0.2) is 9.97 Å². The Morgan fingerprint density at radius 1 is 1.07 bits per heavy atom. The van der Waals surface area contributed by atoms with Crippen molar-refractivity contribution in [2.75, 3.05) is 30.2 Å². The van der Waals surface area contributed by atoms with Crippen molar-refractivity contribution in [2.24, 2.45) is 5.92 Å². The molecule has 30 heavy (non-hydrogen) atoms. The molecule has 156 valence electrons. The Morgan fingerprint density at radius 3 is 2.60 bits per heavy atom. The first kappa shape index (κ1) is 19.8. The van der Waals surface area contributed by atoms with Gasteiger partial charge >= 0.3 is 0 Å². The molecule has 1 aliphatic rings. The van der Waals surface area contributed by atoms with Crippen LogP contribution in [0.25, 0.3) is 10.9 Å². The summed E-state index contributed by atoms with van der Waals surface area (Å²) >= 11 is 0. The van der Waals surface area contributed by atoms with Gasteiger partial charge in [0.1, 0.15) is 18.2 Å². The zero-order chi connectivity index (χ0) is 21.3. The summed E-state index contributed by atoms with van der Waals surface area (Å²) in [7, 11) is 3.19. The molecule has 1 amide bonds. The van der Waals surface area contributed by atoms with Gasteiger partial charge in [0, 0.05) is 17.1 Å². The van der Waals surface area contributed by atoms with E-state index in [9.17, 15) is 4.79 Å². The fraction of sp³-hybridized carbons (Fsp3) is 0.318. The maximum Gasteiger partial charge on any atom is 0.246 e. The molecule has 0 radical (unpaired) electrons. The number of rotatable bonds is 6. The average Bonchev–Trinajstić information content (AvgIpc) is 2.73. The van der Waals surface area contributed by atoms with Crippen molar-refractivity contribution in [2.45, 2.75) is 26.3 Å². The molecule has 0 unspecified atom stereocenters. The fourth-order valence-corrected chi connectivity index (χ4v) is 3.59. The van der Waals surface area contributed by atoms with Crippen LogP contribution in [0.3, 0.4) is 0 Å². The number of hydrogen-bond donors (Lipinski definition) is 3. The number of carbonyl (C=O) groups excluding carboxylic acids is 1. The van der Waals surface area contributed by atoms with Crippen molar-refractivity contribution in [3.05, 3.63) is 36.7 Å². The summed E-state index contributed by atoms with van der Waals surface area (Å²) < 4.78 is 10.7. The van der Waals surface area contributed by atoms with Gasteiger partial charge in [-0.3, -0.25) is 4.79 Å². The summed E-state index contributed by atoms with van der Waals surface area (Å²) in [5, 5.41) is 10.5. The first-order chi connectivity index (χ1) is 14.5. The zero-order valence-corrected chi connectivity index (χ0v) is 17.4. The lowest BCUT2D eigenvalue weighted by Gasteiger charge is -2.28. The second-order valence-corrected chi connectivity index (χ2v) is 7.65. The molecule has 2 aromatic carbocycles. The number of fused-ring (bicyclic) bond motifs is 2. The number of aromatic nitrogens is 2. The van der Waals surface area contributed by atoms with Gasteiger partial charge in [0.2, 0.25) is 5.91 Å². The van der Waals surface area contributed by atoms with E-state index in [2.05, 4.69) is 39.8 Å². The Hall–Kier alpha value is -3.55. The quantitative estimate of drug-likeness (QED) is 0.564. The van der Waals surface area contributed by atoms with E-state index in [0.29, 0.717) is 23.2 Å². The molecule has 3 N–H and O–H groups in total. The first-order valence-electron chi connectivity index (χ1n) is 9.83. The van der Waals surface area contributed by atoms with Crippen molar-refractivity contribution in [3.63, 3.8) is 0 Å². The minimum absolute atomic E-state index is 0.0261. The number of methoxy groups -OCH3 is 2. The Balaban J connectivity index is 1.68. The maximum absolute atomic E-state index is 12.5. The molecule has 0 bridgehead atoms. The van der Waals surface area contributed by atoms with E-state index in [0.717, 1.165) is 34.4 Å². The van der Waals surface area contributed by atoms with Crippen LogP contribution in [0, 0.1) is 5.92 Å². The number of anilines is 4. The molecule has 0 saturated carbocycles. The largest absolute Gasteiger partial charge is 0.493 e. The Kier molecular flexibility index (Phi) is 5.31. The van der Waals surface area contributed by atoms with Crippen LogP contribution in [0.1, 0.15) is 20.3 Å². The van der Waals surface area contributed by atoms with Crippen LogP contribution in [0.2, 0.25) is 0 Å². The molecule has 0 spiro atoms. The van der Waals surface area contributed by atoms with Gasteiger partial charge in [-0.1, -0.05) is 13.8 Å². The maximum atomic E-state index is 12.5. The van der Waals surface area contributed by atoms with E-state index in [1.165, 1.54) is 6.33 Å². The second kappa shape index (κ2) is 8.06. The van der Waals surface area contributed by atoms with Crippen LogP contribution in [0.4, 0.5) is 22.9 Å². The number of hydrogen-bond acceptors (Lipinski definition) is 7. The highest BCUT2D eigenvalue weighted by atomic mass is 16.5. The molecule has 8 heteroatoms. The van der Waals surface area contributed by atoms with E-state index in [1.807, 2.05) is 30.3 Å². The molecule has 2 heterocycles. The molecule has 0 aliphatic carbocycles. The predicted octanol–water partition coefficient (Wildman–Crippen LogP) is 4.17. The van der Waals surface area contributed by atoms with Crippen LogP contribution >= 0.6 is 0 Å². The predicted molar refractivity (Wildman–Crippen MR) is 118 cm³/mol.